The van der Waals surface area contributed by atoms with E-state index in [1.54, 1.807) is 30.0 Å². The lowest BCUT2D eigenvalue weighted by Gasteiger charge is -2.31. The fourth-order valence-electron chi connectivity index (χ4n) is 4.07. The smallest absolute Gasteiger partial charge is 0.242 e. The number of carbonyl (C=O) groups excluding carboxylic acids is 2. The molecule has 1 N–H and O–H groups in total. The summed E-state index contributed by atoms with van der Waals surface area (Å²) < 4.78 is 0. The highest BCUT2D eigenvalue weighted by Crippen LogP contribution is 2.25. The van der Waals surface area contributed by atoms with Gasteiger partial charge in [0.25, 0.3) is 0 Å². The topological polar surface area (TPSA) is 49.4 Å². The highest BCUT2D eigenvalue weighted by Gasteiger charge is 2.28. The van der Waals surface area contributed by atoms with Gasteiger partial charge in [0.2, 0.25) is 11.8 Å². The lowest BCUT2D eigenvalue weighted by atomic mass is 9.95. The number of rotatable bonds is 8. The maximum Gasteiger partial charge on any atom is 0.242 e. The third kappa shape index (κ3) is 6.87. The van der Waals surface area contributed by atoms with E-state index in [1.807, 2.05) is 24.3 Å². The minimum Gasteiger partial charge on any atom is -0.352 e. The molecule has 1 aliphatic carbocycles. The SMILES string of the molecule is C[C@@H](C(=O)NC1CCCCC1)N(Cc1ccc(Cl)cc1Cl)C(=O)CCc1ccccc1Cl. The van der Waals surface area contributed by atoms with Crippen molar-refractivity contribution in [3.63, 3.8) is 0 Å². The highest BCUT2D eigenvalue weighted by atomic mass is 35.5. The lowest BCUT2D eigenvalue weighted by Crippen LogP contribution is -2.50. The van der Waals surface area contributed by atoms with Crippen LogP contribution in [0.5, 0.6) is 0 Å². The Labute approximate surface area is 205 Å². The van der Waals surface area contributed by atoms with Crippen molar-refractivity contribution in [3.05, 3.63) is 68.7 Å². The van der Waals surface area contributed by atoms with Crippen LogP contribution in [0.25, 0.3) is 0 Å². The third-order valence-corrected chi connectivity index (χ3v) is 7.00. The van der Waals surface area contributed by atoms with Gasteiger partial charge in [0.15, 0.2) is 0 Å². The van der Waals surface area contributed by atoms with Gasteiger partial charge in [-0.2, -0.15) is 0 Å². The van der Waals surface area contributed by atoms with Gasteiger partial charge in [-0.15, -0.1) is 0 Å². The standard InChI is InChI=1S/C25H29Cl3N2O2/c1-17(25(32)29-21-8-3-2-4-9-21)30(16-19-11-13-20(26)15-23(19)28)24(31)14-12-18-7-5-6-10-22(18)27/h5-7,10-11,13,15,17,21H,2-4,8-9,12,14,16H2,1H3,(H,29,32)/t17-/m0/s1. The fourth-order valence-corrected chi connectivity index (χ4v) is 4.77. The number of benzene rings is 2. The Kier molecular flexibility index (Phi) is 9.27. The number of aryl methyl sites for hydroxylation is 1. The second kappa shape index (κ2) is 11.9. The van der Waals surface area contributed by atoms with E-state index in [9.17, 15) is 9.59 Å². The van der Waals surface area contributed by atoms with Gasteiger partial charge in [-0.25, -0.2) is 0 Å². The second-order valence-corrected chi connectivity index (χ2v) is 9.62. The van der Waals surface area contributed by atoms with E-state index in [1.165, 1.54) is 6.42 Å². The highest BCUT2D eigenvalue weighted by molar-refractivity contribution is 6.35. The zero-order valence-corrected chi connectivity index (χ0v) is 20.5. The molecule has 7 heteroatoms. The summed E-state index contributed by atoms with van der Waals surface area (Å²) in [6.07, 6.45) is 6.18. The summed E-state index contributed by atoms with van der Waals surface area (Å²) in [5, 5.41) is 4.77. The first kappa shape index (κ1) is 24.9. The Morgan fingerprint density at radius 2 is 1.72 bits per heavy atom. The second-order valence-electron chi connectivity index (χ2n) is 8.37. The summed E-state index contributed by atoms with van der Waals surface area (Å²) in [5.74, 6) is -0.254. The van der Waals surface area contributed by atoms with Crippen molar-refractivity contribution in [2.75, 3.05) is 0 Å². The van der Waals surface area contributed by atoms with Crippen molar-refractivity contribution in [2.45, 2.75) is 70.5 Å². The quantitative estimate of drug-likeness (QED) is 0.458. The normalized spacial score (nSPS) is 15.2. The predicted octanol–water partition coefficient (Wildman–Crippen LogP) is 6.45. The molecule has 2 aromatic carbocycles. The average Bonchev–Trinajstić information content (AvgIpc) is 2.78. The van der Waals surface area contributed by atoms with E-state index in [2.05, 4.69) is 5.32 Å². The molecule has 32 heavy (non-hydrogen) atoms. The first-order valence-corrected chi connectivity index (χ1v) is 12.3. The monoisotopic (exact) mass is 494 g/mol. The first-order chi connectivity index (χ1) is 15.3. The molecule has 0 spiro atoms. The minimum atomic E-state index is -0.623. The average molecular weight is 496 g/mol. The summed E-state index contributed by atoms with van der Waals surface area (Å²) in [7, 11) is 0. The largest absolute Gasteiger partial charge is 0.352 e. The Morgan fingerprint density at radius 3 is 2.41 bits per heavy atom. The number of nitrogens with one attached hydrogen (secondary N) is 1. The molecule has 2 aromatic rings. The number of nitrogens with zero attached hydrogens (tertiary/aromatic N) is 1. The van der Waals surface area contributed by atoms with E-state index in [4.69, 9.17) is 34.8 Å². The van der Waals surface area contributed by atoms with Crippen molar-refractivity contribution in [1.29, 1.82) is 0 Å². The number of hydrogen-bond acceptors (Lipinski definition) is 2. The van der Waals surface area contributed by atoms with Crippen LogP contribution in [-0.2, 0) is 22.6 Å². The van der Waals surface area contributed by atoms with E-state index in [-0.39, 0.29) is 30.8 Å². The number of amides is 2. The molecule has 2 amide bonds. The van der Waals surface area contributed by atoms with Gasteiger partial charge in [0.05, 0.1) is 0 Å². The van der Waals surface area contributed by atoms with Gasteiger partial charge in [-0.05, 0) is 55.5 Å². The van der Waals surface area contributed by atoms with E-state index >= 15 is 0 Å². The Bertz CT molecular complexity index is 945. The number of halogens is 3. The van der Waals surface area contributed by atoms with Gasteiger partial charge < -0.3 is 10.2 Å². The van der Waals surface area contributed by atoms with Crippen LogP contribution in [0.1, 0.15) is 56.6 Å². The molecule has 172 valence electrons. The fraction of sp³-hybridized carbons (Fsp3) is 0.440. The molecule has 0 aromatic heterocycles. The van der Waals surface area contributed by atoms with E-state index in [0.29, 0.717) is 21.5 Å². The molecule has 1 fully saturated rings. The molecule has 1 saturated carbocycles. The predicted molar refractivity (Wildman–Crippen MR) is 131 cm³/mol. The Hall–Kier alpha value is -1.75. The molecule has 3 rings (SSSR count). The summed E-state index contributed by atoms with van der Waals surface area (Å²) in [6.45, 7) is 2.01. The van der Waals surface area contributed by atoms with Crippen LogP contribution >= 0.6 is 34.8 Å². The first-order valence-electron chi connectivity index (χ1n) is 11.1. The summed E-state index contributed by atoms with van der Waals surface area (Å²) in [6, 6.07) is 12.2. The Balaban J connectivity index is 1.75. The van der Waals surface area contributed by atoms with E-state index in [0.717, 1.165) is 36.8 Å². The molecule has 1 aliphatic rings. The molecule has 0 saturated heterocycles. The Morgan fingerprint density at radius 1 is 1.00 bits per heavy atom. The van der Waals surface area contributed by atoms with Gasteiger partial charge in [0.1, 0.15) is 6.04 Å². The van der Waals surface area contributed by atoms with E-state index < -0.39 is 6.04 Å². The molecular weight excluding hydrogens is 467 g/mol. The summed E-state index contributed by atoms with van der Waals surface area (Å²) >= 11 is 18.7. The molecular formula is C25H29Cl3N2O2. The molecule has 0 unspecified atom stereocenters. The van der Waals surface area contributed by atoms with Crippen molar-refractivity contribution < 1.29 is 9.59 Å². The van der Waals surface area contributed by atoms with Gasteiger partial charge >= 0.3 is 0 Å². The van der Waals surface area contributed by atoms with Crippen molar-refractivity contribution >= 4 is 46.6 Å². The third-order valence-electron chi connectivity index (χ3n) is 6.04. The number of carbonyl (C=O) groups is 2. The van der Waals surface area contributed by atoms with Crippen LogP contribution in [0.3, 0.4) is 0 Å². The van der Waals surface area contributed by atoms with Gasteiger partial charge in [-0.1, -0.05) is 78.3 Å². The van der Waals surface area contributed by atoms with Crippen molar-refractivity contribution in [2.24, 2.45) is 0 Å². The maximum absolute atomic E-state index is 13.3. The van der Waals surface area contributed by atoms with Gasteiger partial charge in [-0.3, -0.25) is 9.59 Å². The van der Waals surface area contributed by atoms with Crippen LogP contribution < -0.4 is 5.32 Å². The molecule has 0 bridgehead atoms. The molecule has 4 nitrogen and oxygen atoms in total. The van der Waals surface area contributed by atoms with Crippen LogP contribution in [0.15, 0.2) is 42.5 Å². The summed E-state index contributed by atoms with van der Waals surface area (Å²) in [4.78, 5) is 27.9. The lowest BCUT2D eigenvalue weighted by molar-refractivity contribution is -0.141. The maximum atomic E-state index is 13.3. The number of hydrogen-bond donors (Lipinski definition) is 1. The minimum absolute atomic E-state index is 0.123. The molecule has 0 heterocycles. The van der Waals surface area contributed by atoms with Gasteiger partial charge in [0, 0.05) is 34.1 Å². The van der Waals surface area contributed by atoms with Crippen molar-refractivity contribution in [1.82, 2.24) is 10.2 Å². The molecule has 1 atom stereocenters. The zero-order chi connectivity index (χ0) is 23.1. The summed E-state index contributed by atoms with van der Waals surface area (Å²) in [5.41, 5.74) is 1.66. The zero-order valence-electron chi connectivity index (χ0n) is 18.3. The van der Waals surface area contributed by atoms with Crippen LogP contribution in [0.4, 0.5) is 0 Å². The van der Waals surface area contributed by atoms with Crippen LogP contribution in [0.2, 0.25) is 15.1 Å². The van der Waals surface area contributed by atoms with Crippen LogP contribution in [0, 0.1) is 0 Å². The molecule has 0 radical (unpaired) electrons. The van der Waals surface area contributed by atoms with Crippen LogP contribution in [-0.4, -0.2) is 28.8 Å². The van der Waals surface area contributed by atoms with Crippen molar-refractivity contribution in [3.8, 4) is 0 Å². The molecule has 0 aliphatic heterocycles.